The first kappa shape index (κ1) is 13.8. The van der Waals surface area contributed by atoms with E-state index in [1.807, 2.05) is 30.3 Å². The van der Waals surface area contributed by atoms with Crippen molar-refractivity contribution in [3.8, 4) is 16.3 Å². The minimum Gasteiger partial charge on any atom is -0.508 e. The molecule has 2 aromatic carbocycles. The molecule has 21 heavy (non-hydrogen) atoms. The molecule has 0 aliphatic carbocycles. The number of thiazole rings is 1. The van der Waals surface area contributed by atoms with Crippen LogP contribution in [0.1, 0.15) is 6.42 Å². The number of nitrogens with one attached hydrogen (secondary N) is 1. The number of fused-ring (bicyclic) bond motifs is 1. The van der Waals surface area contributed by atoms with Crippen LogP contribution in [-0.2, 0) is 0 Å². The number of nitrogens with zero attached hydrogens (tertiary/aromatic N) is 1. The van der Waals surface area contributed by atoms with Gasteiger partial charge in [0, 0.05) is 17.8 Å². The SMILES string of the molecule is Oc1ccc2nc(-c3ccc(NCCCF)cc3)sc2c1. The molecular weight excluding hydrogens is 287 g/mol. The molecule has 0 fully saturated rings. The maximum atomic E-state index is 12.0. The van der Waals surface area contributed by atoms with Crippen molar-refractivity contribution in [2.75, 3.05) is 18.5 Å². The topological polar surface area (TPSA) is 45.2 Å². The lowest BCUT2D eigenvalue weighted by molar-refractivity contribution is 0.476. The zero-order chi connectivity index (χ0) is 14.7. The average molecular weight is 302 g/mol. The lowest BCUT2D eigenvalue weighted by Gasteiger charge is -2.05. The maximum absolute atomic E-state index is 12.0. The Labute approximate surface area is 126 Å². The molecule has 0 bridgehead atoms. The summed E-state index contributed by atoms with van der Waals surface area (Å²) in [5.41, 5.74) is 2.90. The van der Waals surface area contributed by atoms with E-state index < -0.39 is 0 Å². The van der Waals surface area contributed by atoms with Crippen LogP contribution in [0.25, 0.3) is 20.8 Å². The van der Waals surface area contributed by atoms with Gasteiger partial charge in [-0.05, 0) is 48.9 Å². The zero-order valence-electron chi connectivity index (χ0n) is 11.3. The monoisotopic (exact) mass is 302 g/mol. The van der Waals surface area contributed by atoms with Crippen LogP contribution in [0.5, 0.6) is 5.75 Å². The second-order valence-electron chi connectivity index (χ2n) is 4.72. The van der Waals surface area contributed by atoms with Gasteiger partial charge in [0.25, 0.3) is 0 Å². The minimum atomic E-state index is -0.302. The molecule has 0 atom stereocenters. The van der Waals surface area contributed by atoms with E-state index in [1.165, 1.54) is 0 Å². The van der Waals surface area contributed by atoms with Gasteiger partial charge < -0.3 is 10.4 Å². The van der Waals surface area contributed by atoms with Gasteiger partial charge in [0.15, 0.2) is 0 Å². The Balaban J connectivity index is 1.81. The van der Waals surface area contributed by atoms with Gasteiger partial charge in [-0.2, -0.15) is 0 Å². The highest BCUT2D eigenvalue weighted by Crippen LogP contribution is 2.32. The molecule has 5 heteroatoms. The molecule has 3 aromatic rings. The number of rotatable bonds is 5. The van der Waals surface area contributed by atoms with Crippen LogP contribution < -0.4 is 5.32 Å². The zero-order valence-corrected chi connectivity index (χ0v) is 12.2. The third-order valence-corrected chi connectivity index (χ3v) is 4.21. The van der Waals surface area contributed by atoms with E-state index in [-0.39, 0.29) is 12.4 Å². The number of hydrogen-bond donors (Lipinski definition) is 2. The Morgan fingerprint density at radius 2 is 1.95 bits per heavy atom. The summed E-state index contributed by atoms with van der Waals surface area (Å²) < 4.78 is 13.0. The molecule has 0 aliphatic rings. The first-order valence-corrected chi connectivity index (χ1v) is 7.58. The van der Waals surface area contributed by atoms with Crippen LogP contribution in [0.4, 0.5) is 10.1 Å². The van der Waals surface area contributed by atoms with Gasteiger partial charge in [-0.1, -0.05) is 0 Å². The van der Waals surface area contributed by atoms with Gasteiger partial charge in [0.1, 0.15) is 10.8 Å². The second kappa shape index (κ2) is 6.10. The molecule has 0 amide bonds. The molecule has 0 aliphatic heterocycles. The summed E-state index contributed by atoms with van der Waals surface area (Å²) in [4.78, 5) is 4.57. The van der Waals surface area contributed by atoms with E-state index in [4.69, 9.17) is 0 Å². The summed E-state index contributed by atoms with van der Waals surface area (Å²) in [6.45, 7) is 0.333. The standard InChI is InChI=1S/C16H15FN2OS/c17-8-1-9-18-12-4-2-11(3-5-12)16-19-14-7-6-13(20)10-15(14)21-16/h2-7,10,18,20H,1,8-9H2. The fourth-order valence-electron chi connectivity index (χ4n) is 2.07. The molecule has 3 nitrogen and oxygen atoms in total. The molecule has 1 aromatic heterocycles. The fourth-order valence-corrected chi connectivity index (χ4v) is 3.07. The molecule has 1 heterocycles. The van der Waals surface area contributed by atoms with Gasteiger partial charge in [-0.3, -0.25) is 4.39 Å². The molecule has 0 saturated heterocycles. The second-order valence-corrected chi connectivity index (χ2v) is 5.75. The van der Waals surface area contributed by atoms with Crippen LogP contribution >= 0.6 is 11.3 Å². The number of benzene rings is 2. The summed E-state index contributed by atoms with van der Waals surface area (Å²) in [6.07, 6.45) is 0.517. The largest absolute Gasteiger partial charge is 0.508 e. The van der Waals surface area contributed by atoms with Crippen molar-refractivity contribution in [1.29, 1.82) is 0 Å². The summed E-state index contributed by atoms with van der Waals surface area (Å²) in [6, 6.07) is 13.1. The Bertz CT molecular complexity index is 740. The molecule has 108 valence electrons. The summed E-state index contributed by atoms with van der Waals surface area (Å²) in [5, 5.41) is 13.6. The predicted octanol–water partition coefficient (Wildman–Crippen LogP) is 4.44. The number of phenols is 1. The quantitative estimate of drug-likeness (QED) is 0.685. The Kier molecular flexibility index (Phi) is 4.01. The first-order valence-electron chi connectivity index (χ1n) is 6.76. The van der Waals surface area contributed by atoms with Crippen LogP contribution in [0.15, 0.2) is 42.5 Å². The van der Waals surface area contributed by atoms with Gasteiger partial charge in [-0.15, -0.1) is 11.3 Å². The third kappa shape index (κ3) is 3.13. The predicted molar refractivity (Wildman–Crippen MR) is 85.8 cm³/mol. The molecule has 3 rings (SSSR count). The van der Waals surface area contributed by atoms with Crippen molar-refractivity contribution in [1.82, 2.24) is 4.98 Å². The van der Waals surface area contributed by atoms with Crippen LogP contribution in [0.2, 0.25) is 0 Å². The van der Waals surface area contributed by atoms with Crippen molar-refractivity contribution < 1.29 is 9.50 Å². The van der Waals surface area contributed by atoms with Gasteiger partial charge in [-0.25, -0.2) is 4.98 Å². The molecule has 0 radical (unpaired) electrons. The molecular formula is C16H15FN2OS. The number of hydrogen-bond acceptors (Lipinski definition) is 4. The van der Waals surface area contributed by atoms with Crippen LogP contribution in [0.3, 0.4) is 0 Å². The highest BCUT2D eigenvalue weighted by molar-refractivity contribution is 7.21. The highest BCUT2D eigenvalue weighted by Gasteiger charge is 2.06. The van der Waals surface area contributed by atoms with Gasteiger partial charge >= 0.3 is 0 Å². The number of aromatic nitrogens is 1. The summed E-state index contributed by atoms with van der Waals surface area (Å²) in [5.74, 6) is 0.255. The lowest BCUT2D eigenvalue weighted by atomic mass is 10.2. The normalized spacial score (nSPS) is 10.9. The Morgan fingerprint density at radius 1 is 1.14 bits per heavy atom. The van der Waals surface area contributed by atoms with E-state index in [9.17, 15) is 9.50 Å². The molecule has 0 unspecified atom stereocenters. The average Bonchev–Trinajstić information content (AvgIpc) is 2.91. The Hall–Kier alpha value is -2.14. The van der Waals surface area contributed by atoms with Gasteiger partial charge in [0.2, 0.25) is 0 Å². The molecule has 2 N–H and O–H groups in total. The van der Waals surface area contributed by atoms with Crippen molar-refractivity contribution in [2.24, 2.45) is 0 Å². The van der Waals surface area contributed by atoms with E-state index in [1.54, 1.807) is 23.5 Å². The van der Waals surface area contributed by atoms with E-state index in [0.29, 0.717) is 13.0 Å². The van der Waals surface area contributed by atoms with Crippen molar-refractivity contribution in [2.45, 2.75) is 6.42 Å². The molecule has 0 saturated carbocycles. The van der Waals surface area contributed by atoms with Crippen LogP contribution in [-0.4, -0.2) is 23.3 Å². The fraction of sp³-hybridized carbons (Fsp3) is 0.188. The lowest BCUT2D eigenvalue weighted by Crippen LogP contribution is -2.01. The molecule has 0 spiro atoms. The van der Waals surface area contributed by atoms with Crippen molar-refractivity contribution in [3.05, 3.63) is 42.5 Å². The van der Waals surface area contributed by atoms with Crippen molar-refractivity contribution in [3.63, 3.8) is 0 Å². The van der Waals surface area contributed by atoms with E-state index in [0.717, 1.165) is 26.5 Å². The smallest absolute Gasteiger partial charge is 0.124 e. The summed E-state index contributed by atoms with van der Waals surface area (Å²) in [7, 11) is 0. The number of alkyl halides is 1. The Morgan fingerprint density at radius 3 is 2.71 bits per heavy atom. The first-order chi connectivity index (χ1) is 10.3. The van der Waals surface area contributed by atoms with E-state index in [2.05, 4.69) is 10.3 Å². The minimum absolute atomic E-state index is 0.255. The number of halogens is 1. The highest BCUT2D eigenvalue weighted by atomic mass is 32.1. The van der Waals surface area contributed by atoms with E-state index >= 15 is 0 Å². The van der Waals surface area contributed by atoms with Crippen molar-refractivity contribution >= 4 is 27.2 Å². The number of phenolic OH excluding ortho intramolecular Hbond substituents is 1. The van der Waals surface area contributed by atoms with Gasteiger partial charge in [0.05, 0.1) is 16.9 Å². The number of aromatic hydroxyl groups is 1. The maximum Gasteiger partial charge on any atom is 0.124 e. The van der Waals surface area contributed by atoms with Crippen LogP contribution in [0, 0.1) is 0 Å². The summed E-state index contributed by atoms with van der Waals surface area (Å²) >= 11 is 1.55. The number of anilines is 1. The third-order valence-electron chi connectivity index (χ3n) is 3.14.